The van der Waals surface area contributed by atoms with Gasteiger partial charge in [0.15, 0.2) is 0 Å². The van der Waals surface area contributed by atoms with Gasteiger partial charge in [-0.1, -0.05) is 6.92 Å². The maximum atomic E-state index is 4.36. The molecule has 0 atom stereocenters. The summed E-state index contributed by atoms with van der Waals surface area (Å²) in [7, 11) is 0. The van der Waals surface area contributed by atoms with Crippen LogP contribution in [0.4, 0.5) is 0 Å². The molecule has 1 heterocycles. The quantitative estimate of drug-likeness (QED) is 0.633. The Morgan fingerprint density at radius 1 is 1.45 bits per heavy atom. The molecular weight excluding hydrogens is 156 g/mol. The van der Waals surface area contributed by atoms with E-state index in [0.29, 0.717) is 0 Å². The van der Waals surface area contributed by atoms with E-state index in [9.17, 15) is 0 Å². The molecule has 0 fully saturated rings. The van der Waals surface area contributed by atoms with E-state index < -0.39 is 0 Å². The third-order valence-corrected chi connectivity index (χ3v) is 2.26. The van der Waals surface area contributed by atoms with Crippen LogP contribution in [-0.2, 0) is 0 Å². The smallest absolute Gasteiger partial charge is 0.118 e. The molecule has 0 amide bonds. The third-order valence-electron chi connectivity index (χ3n) is 1.31. The number of aromatic nitrogens is 2. The summed E-state index contributed by atoms with van der Waals surface area (Å²) in [6.07, 6.45) is 1.80. The van der Waals surface area contributed by atoms with Crippen LogP contribution < -0.4 is 0 Å². The second-order valence-corrected chi connectivity index (χ2v) is 3.59. The zero-order valence-corrected chi connectivity index (χ0v) is 7.90. The Kier molecular flexibility index (Phi) is 2.88. The van der Waals surface area contributed by atoms with Crippen molar-refractivity contribution in [3.05, 3.63) is 17.6 Å². The minimum atomic E-state index is 0.992. The lowest BCUT2D eigenvalue weighted by molar-refractivity contribution is 0.946. The second kappa shape index (κ2) is 3.72. The van der Waals surface area contributed by atoms with Gasteiger partial charge in [-0.3, -0.25) is 4.98 Å². The molecule has 0 aromatic carbocycles. The number of hydrogen-bond donors (Lipinski definition) is 0. The summed E-state index contributed by atoms with van der Waals surface area (Å²) in [5.74, 6) is 1.05. The molecule has 0 saturated heterocycles. The molecule has 0 bridgehead atoms. The van der Waals surface area contributed by atoms with Gasteiger partial charge < -0.3 is 0 Å². The first-order chi connectivity index (χ1) is 5.24. The average Bonchev–Trinajstić information content (AvgIpc) is 1.98. The van der Waals surface area contributed by atoms with Crippen LogP contribution in [0.5, 0.6) is 0 Å². The number of rotatable bonds is 2. The molecule has 3 heteroatoms. The first kappa shape index (κ1) is 8.53. The lowest BCUT2D eigenvalue weighted by Gasteiger charge is -2.01. The Balaban J connectivity index is 2.93. The molecule has 0 aliphatic carbocycles. The number of aryl methyl sites for hydroxylation is 2. The summed E-state index contributed by atoms with van der Waals surface area (Å²) in [6, 6.07) is 0. The molecule has 60 valence electrons. The van der Waals surface area contributed by atoms with Crippen LogP contribution in [0.2, 0.25) is 0 Å². The molecule has 1 aromatic heterocycles. The molecule has 2 nitrogen and oxygen atoms in total. The highest BCUT2D eigenvalue weighted by atomic mass is 32.2. The van der Waals surface area contributed by atoms with Crippen LogP contribution in [0, 0.1) is 13.8 Å². The lowest BCUT2D eigenvalue weighted by Crippen LogP contribution is -1.92. The van der Waals surface area contributed by atoms with Crippen molar-refractivity contribution in [2.45, 2.75) is 25.8 Å². The highest BCUT2D eigenvalue weighted by molar-refractivity contribution is 7.99. The highest BCUT2D eigenvalue weighted by Gasteiger charge is 1.99. The fourth-order valence-corrected chi connectivity index (χ4v) is 1.53. The zero-order chi connectivity index (χ0) is 8.27. The Bertz CT molecular complexity index is 248. The van der Waals surface area contributed by atoms with Gasteiger partial charge in [0, 0.05) is 6.20 Å². The summed E-state index contributed by atoms with van der Waals surface area (Å²) in [5.41, 5.74) is 2.02. The van der Waals surface area contributed by atoms with Crippen molar-refractivity contribution >= 4 is 11.8 Å². The van der Waals surface area contributed by atoms with Crippen LogP contribution >= 0.6 is 11.8 Å². The fraction of sp³-hybridized carbons (Fsp3) is 0.500. The molecule has 1 rings (SSSR count). The van der Waals surface area contributed by atoms with Gasteiger partial charge in [0.2, 0.25) is 0 Å². The highest BCUT2D eigenvalue weighted by Crippen LogP contribution is 2.17. The van der Waals surface area contributed by atoms with E-state index in [1.807, 2.05) is 13.8 Å². The van der Waals surface area contributed by atoms with Crippen LogP contribution in [0.15, 0.2) is 11.2 Å². The Morgan fingerprint density at radius 3 is 2.82 bits per heavy atom. The van der Waals surface area contributed by atoms with Gasteiger partial charge >= 0.3 is 0 Å². The van der Waals surface area contributed by atoms with Crippen LogP contribution in [0.1, 0.15) is 18.3 Å². The normalized spacial score (nSPS) is 10.1. The van der Waals surface area contributed by atoms with Gasteiger partial charge in [-0.15, -0.1) is 11.8 Å². The molecule has 0 aliphatic heterocycles. The standard InChI is InChI=1S/C8H12N2S/c1-4-11-8-7(3)9-5-6(2)10-8/h5H,4H2,1-3H3. The summed E-state index contributed by atoms with van der Waals surface area (Å²) in [6.45, 7) is 6.07. The lowest BCUT2D eigenvalue weighted by atomic mass is 10.4. The summed E-state index contributed by atoms with van der Waals surface area (Å²) in [4.78, 5) is 8.58. The van der Waals surface area contributed by atoms with E-state index in [1.54, 1.807) is 18.0 Å². The molecule has 0 N–H and O–H groups in total. The van der Waals surface area contributed by atoms with Gasteiger partial charge in [-0.25, -0.2) is 4.98 Å². The van der Waals surface area contributed by atoms with Gasteiger partial charge in [-0.05, 0) is 19.6 Å². The van der Waals surface area contributed by atoms with Crippen molar-refractivity contribution in [1.82, 2.24) is 9.97 Å². The van der Waals surface area contributed by atoms with Gasteiger partial charge in [0.05, 0.1) is 11.4 Å². The van der Waals surface area contributed by atoms with Crippen molar-refractivity contribution in [2.24, 2.45) is 0 Å². The summed E-state index contributed by atoms with van der Waals surface area (Å²) in [5, 5.41) is 1.06. The van der Waals surface area contributed by atoms with Gasteiger partial charge in [-0.2, -0.15) is 0 Å². The van der Waals surface area contributed by atoms with Crippen molar-refractivity contribution in [2.75, 3.05) is 5.75 Å². The molecule has 11 heavy (non-hydrogen) atoms. The van der Waals surface area contributed by atoms with E-state index in [0.717, 1.165) is 22.2 Å². The predicted molar refractivity (Wildman–Crippen MR) is 47.9 cm³/mol. The fourth-order valence-electron chi connectivity index (χ4n) is 0.789. The van der Waals surface area contributed by atoms with Crippen molar-refractivity contribution in [3.63, 3.8) is 0 Å². The molecule has 0 saturated carbocycles. The summed E-state index contributed by atoms with van der Waals surface area (Å²) >= 11 is 1.74. The Hall–Kier alpha value is -0.570. The predicted octanol–water partition coefficient (Wildman–Crippen LogP) is 2.21. The van der Waals surface area contributed by atoms with Crippen LogP contribution in [-0.4, -0.2) is 15.7 Å². The van der Waals surface area contributed by atoms with Gasteiger partial charge in [0.1, 0.15) is 5.03 Å². The van der Waals surface area contributed by atoms with E-state index >= 15 is 0 Å². The van der Waals surface area contributed by atoms with E-state index in [-0.39, 0.29) is 0 Å². The number of nitrogens with zero attached hydrogens (tertiary/aromatic N) is 2. The van der Waals surface area contributed by atoms with Crippen molar-refractivity contribution in [3.8, 4) is 0 Å². The molecule has 0 radical (unpaired) electrons. The molecule has 0 unspecified atom stereocenters. The Labute approximate surface area is 71.5 Å². The summed E-state index contributed by atoms with van der Waals surface area (Å²) < 4.78 is 0. The van der Waals surface area contributed by atoms with Crippen LogP contribution in [0.3, 0.4) is 0 Å². The second-order valence-electron chi connectivity index (χ2n) is 2.33. The zero-order valence-electron chi connectivity index (χ0n) is 7.09. The van der Waals surface area contributed by atoms with Crippen molar-refractivity contribution in [1.29, 1.82) is 0 Å². The first-order valence-electron chi connectivity index (χ1n) is 3.67. The van der Waals surface area contributed by atoms with E-state index in [2.05, 4.69) is 16.9 Å². The molecule has 0 aliphatic rings. The first-order valence-corrected chi connectivity index (χ1v) is 4.65. The number of thioether (sulfide) groups is 1. The minimum absolute atomic E-state index is 0.992. The third kappa shape index (κ3) is 2.19. The largest absolute Gasteiger partial charge is 0.257 e. The Morgan fingerprint density at radius 2 is 2.18 bits per heavy atom. The topological polar surface area (TPSA) is 25.8 Å². The van der Waals surface area contributed by atoms with E-state index in [1.165, 1.54) is 0 Å². The molecule has 1 aromatic rings. The molecule has 0 spiro atoms. The van der Waals surface area contributed by atoms with Crippen molar-refractivity contribution < 1.29 is 0 Å². The maximum Gasteiger partial charge on any atom is 0.118 e. The maximum absolute atomic E-state index is 4.36. The molecular formula is C8H12N2S. The SMILES string of the molecule is CCSc1nc(C)cnc1C. The monoisotopic (exact) mass is 168 g/mol. The minimum Gasteiger partial charge on any atom is -0.257 e. The van der Waals surface area contributed by atoms with Gasteiger partial charge in [0.25, 0.3) is 0 Å². The number of hydrogen-bond acceptors (Lipinski definition) is 3. The van der Waals surface area contributed by atoms with Crippen LogP contribution in [0.25, 0.3) is 0 Å². The average molecular weight is 168 g/mol. The van der Waals surface area contributed by atoms with E-state index in [4.69, 9.17) is 0 Å².